The Bertz CT molecular complexity index is 489. The summed E-state index contributed by atoms with van der Waals surface area (Å²) in [5.41, 5.74) is 0. The Morgan fingerprint density at radius 3 is 1.94 bits per heavy atom. The third-order valence-corrected chi connectivity index (χ3v) is 8.00. The van der Waals surface area contributed by atoms with Gasteiger partial charge in [0, 0.05) is 24.9 Å². The van der Waals surface area contributed by atoms with Gasteiger partial charge >= 0.3 is 6.18 Å². The summed E-state index contributed by atoms with van der Waals surface area (Å²) in [6.45, 7) is 4.27. The molecule has 3 nitrogen and oxygen atoms in total. The number of rotatable bonds is 11. The molecule has 0 radical (unpaired) electrons. The van der Waals surface area contributed by atoms with Crippen LogP contribution in [-0.2, 0) is 14.2 Å². The van der Waals surface area contributed by atoms with Crippen molar-refractivity contribution in [2.24, 2.45) is 23.7 Å². The minimum atomic E-state index is -4.06. The highest BCUT2D eigenvalue weighted by Gasteiger charge is 2.36. The highest BCUT2D eigenvalue weighted by atomic mass is 19.4. The third-order valence-electron chi connectivity index (χ3n) is 8.00. The molecule has 32 heavy (non-hydrogen) atoms. The molecular formula is C26H45F3O3. The Morgan fingerprint density at radius 1 is 0.750 bits per heavy atom. The van der Waals surface area contributed by atoms with Gasteiger partial charge in [-0.25, -0.2) is 0 Å². The predicted octanol–water partition coefficient (Wildman–Crippen LogP) is 7.67. The van der Waals surface area contributed by atoms with E-state index in [2.05, 4.69) is 6.92 Å². The highest BCUT2D eigenvalue weighted by Crippen LogP contribution is 2.42. The molecule has 0 amide bonds. The Kier molecular flexibility index (Phi) is 11.1. The first-order chi connectivity index (χ1) is 15.4. The van der Waals surface area contributed by atoms with E-state index in [0.717, 1.165) is 31.3 Å². The lowest BCUT2D eigenvalue weighted by Gasteiger charge is -2.41. The zero-order valence-corrected chi connectivity index (χ0v) is 20.1. The van der Waals surface area contributed by atoms with Crippen molar-refractivity contribution < 1.29 is 27.4 Å². The SMILES string of the molecule is CCCCCCOC1CCC(C2CCC(C3OCC(CCCC(F)(F)F)CO3)CC2)CC1. The Morgan fingerprint density at radius 2 is 1.34 bits per heavy atom. The van der Waals surface area contributed by atoms with Crippen LogP contribution in [0.2, 0.25) is 0 Å². The van der Waals surface area contributed by atoms with Gasteiger partial charge < -0.3 is 14.2 Å². The molecule has 0 N–H and O–H groups in total. The average molecular weight is 463 g/mol. The van der Waals surface area contributed by atoms with E-state index in [1.165, 1.54) is 64.2 Å². The van der Waals surface area contributed by atoms with Gasteiger partial charge in [0.1, 0.15) is 0 Å². The number of ether oxygens (including phenoxy) is 3. The normalized spacial score (nSPS) is 34.5. The van der Waals surface area contributed by atoms with Gasteiger partial charge in [-0.05, 0) is 82.5 Å². The highest BCUT2D eigenvalue weighted by molar-refractivity contribution is 4.84. The van der Waals surface area contributed by atoms with Gasteiger partial charge in [0.2, 0.25) is 0 Å². The minimum absolute atomic E-state index is 0.106. The van der Waals surface area contributed by atoms with Gasteiger partial charge in [0.25, 0.3) is 0 Å². The van der Waals surface area contributed by atoms with E-state index in [0.29, 0.717) is 31.7 Å². The molecule has 0 aromatic heterocycles. The van der Waals surface area contributed by atoms with Crippen molar-refractivity contribution >= 4 is 0 Å². The molecule has 3 rings (SSSR count). The van der Waals surface area contributed by atoms with Gasteiger partial charge in [-0.1, -0.05) is 26.2 Å². The van der Waals surface area contributed by atoms with E-state index in [9.17, 15) is 13.2 Å². The summed E-state index contributed by atoms with van der Waals surface area (Å²) in [7, 11) is 0. The second kappa shape index (κ2) is 13.5. The molecule has 0 spiro atoms. The molecule has 0 unspecified atom stereocenters. The molecule has 3 aliphatic rings. The first-order valence-corrected chi connectivity index (χ1v) is 13.4. The van der Waals surface area contributed by atoms with Gasteiger partial charge in [-0.15, -0.1) is 0 Å². The summed E-state index contributed by atoms with van der Waals surface area (Å²) in [5, 5.41) is 0. The monoisotopic (exact) mass is 462 g/mol. The van der Waals surface area contributed by atoms with Gasteiger partial charge in [0.15, 0.2) is 6.29 Å². The zero-order chi connectivity index (χ0) is 22.8. The lowest BCUT2D eigenvalue weighted by Crippen LogP contribution is -2.39. The van der Waals surface area contributed by atoms with Crippen LogP contribution in [0.1, 0.15) is 103 Å². The van der Waals surface area contributed by atoms with Gasteiger partial charge in [0.05, 0.1) is 19.3 Å². The summed E-state index contributed by atoms with van der Waals surface area (Å²) in [6.07, 6.45) is 11.3. The molecule has 2 aliphatic carbocycles. The maximum atomic E-state index is 12.3. The minimum Gasteiger partial charge on any atom is -0.378 e. The van der Waals surface area contributed by atoms with Crippen molar-refractivity contribution in [3.8, 4) is 0 Å². The second-order valence-corrected chi connectivity index (χ2v) is 10.6. The van der Waals surface area contributed by atoms with Crippen LogP contribution in [-0.4, -0.2) is 38.4 Å². The molecule has 0 atom stereocenters. The van der Waals surface area contributed by atoms with Crippen molar-refractivity contribution in [2.45, 2.75) is 122 Å². The largest absolute Gasteiger partial charge is 0.389 e. The smallest absolute Gasteiger partial charge is 0.378 e. The van der Waals surface area contributed by atoms with Crippen molar-refractivity contribution in [1.29, 1.82) is 0 Å². The van der Waals surface area contributed by atoms with Gasteiger partial charge in [-0.3, -0.25) is 0 Å². The number of halogens is 3. The fourth-order valence-electron chi connectivity index (χ4n) is 5.98. The molecule has 188 valence electrons. The summed E-state index contributed by atoms with van der Waals surface area (Å²) in [6, 6.07) is 0. The quantitative estimate of drug-likeness (QED) is 0.295. The fraction of sp³-hybridized carbons (Fsp3) is 1.00. The predicted molar refractivity (Wildman–Crippen MR) is 120 cm³/mol. The third kappa shape index (κ3) is 9.13. The number of hydrogen-bond donors (Lipinski definition) is 0. The number of alkyl halides is 3. The Labute approximate surface area is 193 Å². The van der Waals surface area contributed by atoms with Crippen LogP contribution in [0.5, 0.6) is 0 Å². The van der Waals surface area contributed by atoms with Crippen molar-refractivity contribution in [2.75, 3.05) is 19.8 Å². The summed E-state index contributed by atoms with van der Waals surface area (Å²) in [4.78, 5) is 0. The van der Waals surface area contributed by atoms with Crippen molar-refractivity contribution in [1.82, 2.24) is 0 Å². The number of unbranched alkanes of at least 4 members (excludes halogenated alkanes) is 3. The molecule has 1 saturated heterocycles. The van der Waals surface area contributed by atoms with E-state index >= 15 is 0 Å². The molecule has 0 bridgehead atoms. The molecule has 1 heterocycles. The topological polar surface area (TPSA) is 27.7 Å². The van der Waals surface area contributed by atoms with E-state index in [-0.39, 0.29) is 18.6 Å². The van der Waals surface area contributed by atoms with Crippen molar-refractivity contribution in [3.63, 3.8) is 0 Å². The lowest BCUT2D eigenvalue weighted by atomic mass is 9.70. The Balaban J connectivity index is 1.25. The molecule has 0 aromatic rings. The number of hydrogen-bond acceptors (Lipinski definition) is 3. The molecule has 1 aliphatic heterocycles. The molecule has 2 saturated carbocycles. The second-order valence-electron chi connectivity index (χ2n) is 10.6. The van der Waals surface area contributed by atoms with Crippen LogP contribution in [0.3, 0.4) is 0 Å². The van der Waals surface area contributed by atoms with Crippen LogP contribution >= 0.6 is 0 Å². The van der Waals surface area contributed by atoms with Crippen molar-refractivity contribution in [3.05, 3.63) is 0 Å². The lowest BCUT2D eigenvalue weighted by molar-refractivity contribution is -0.231. The summed E-state index contributed by atoms with van der Waals surface area (Å²) >= 11 is 0. The maximum Gasteiger partial charge on any atom is 0.389 e. The molecule has 6 heteroatoms. The standard InChI is InChI=1S/C26H45F3O3/c1-2-3-4-5-17-30-24-14-12-22(13-15-24)21-8-10-23(11-9-21)25-31-18-20(19-32-25)7-6-16-26(27,28)29/h20-25H,2-19H2,1H3. The maximum absolute atomic E-state index is 12.3. The van der Waals surface area contributed by atoms with Gasteiger partial charge in [-0.2, -0.15) is 13.2 Å². The van der Waals surface area contributed by atoms with Crippen LogP contribution < -0.4 is 0 Å². The summed E-state index contributed by atoms with van der Waals surface area (Å²) in [5.74, 6) is 2.23. The fourth-order valence-corrected chi connectivity index (χ4v) is 5.98. The van der Waals surface area contributed by atoms with E-state index in [1.54, 1.807) is 0 Å². The molecule has 0 aromatic carbocycles. The average Bonchev–Trinajstić information content (AvgIpc) is 2.79. The van der Waals surface area contributed by atoms with E-state index in [1.807, 2.05) is 0 Å². The van der Waals surface area contributed by atoms with Crippen LogP contribution in [0.15, 0.2) is 0 Å². The molecule has 3 fully saturated rings. The first-order valence-electron chi connectivity index (χ1n) is 13.4. The van der Waals surface area contributed by atoms with Crippen LogP contribution in [0, 0.1) is 23.7 Å². The van der Waals surface area contributed by atoms with Crippen LogP contribution in [0.25, 0.3) is 0 Å². The van der Waals surface area contributed by atoms with E-state index in [4.69, 9.17) is 14.2 Å². The summed E-state index contributed by atoms with van der Waals surface area (Å²) < 4.78 is 55.0. The Hall–Kier alpha value is -0.330. The zero-order valence-electron chi connectivity index (χ0n) is 20.1. The molecular weight excluding hydrogens is 417 g/mol. The van der Waals surface area contributed by atoms with Crippen LogP contribution in [0.4, 0.5) is 13.2 Å². The van der Waals surface area contributed by atoms with E-state index < -0.39 is 12.6 Å². The first kappa shape index (κ1) is 26.3.